The van der Waals surface area contributed by atoms with Crippen LogP contribution in [0.2, 0.25) is 0 Å². The molecule has 74 valence electrons. The summed E-state index contributed by atoms with van der Waals surface area (Å²) in [6.07, 6.45) is 3.09. The van der Waals surface area contributed by atoms with Gasteiger partial charge in [-0.05, 0) is 24.6 Å². The summed E-state index contributed by atoms with van der Waals surface area (Å²) in [5.74, 6) is 0. The van der Waals surface area contributed by atoms with Crippen molar-refractivity contribution in [3.63, 3.8) is 0 Å². The second-order valence-corrected chi connectivity index (χ2v) is 3.63. The van der Waals surface area contributed by atoms with E-state index in [-0.39, 0.29) is 0 Å². The lowest BCUT2D eigenvalue weighted by molar-refractivity contribution is 0.793. The Balaban J connectivity index is 2.10. The Morgan fingerprint density at radius 1 is 1.43 bits per heavy atom. The standard InChI is InChI=1S/C12H16N2/c1-2-10-5-3-4-6-12(10)14-11-7-8-13-9-11/h2-6,11,13-14H,1,7-9H2. The fourth-order valence-electron chi connectivity index (χ4n) is 1.80. The van der Waals surface area contributed by atoms with Gasteiger partial charge in [0, 0.05) is 18.3 Å². The van der Waals surface area contributed by atoms with Crippen LogP contribution in [0.3, 0.4) is 0 Å². The zero-order valence-corrected chi connectivity index (χ0v) is 8.29. The molecule has 1 saturated heterocycles. The van der Waals surface area contributed by atoms with Crippen molar-refractivity contribution in [2.75, 3.05) is 18.4 Å². The van der Waals surface area contributed by atoms with E-state index in [1.165, 1.54) is 17.7 Å². The summed E-state index contributed by atoms with van der Waals surface area (Å²) in [6, 6.07) is 8.84. The molecular weight excluding hydrogens is 172 g/mol. The molecule has 14 heavy (non-hydrogen) atoms. The number of anilines is 1. The Labute approximate surface area is 85.0 Å². The highest BCUT2D eigenvalue weighted by Crippen LogP contribution is 2.18. The number of hydrogen-bond acceptors (Lipinski definition) is 2. The van der Waals surface area contributed by atoms with Crippen LogP contribution in [0.5, 0.6) is 0 Å². The molecular formula is C12H16N2. The maximum Gasteiger partial charge on any atom is 0.0416 e. The molecule has 0 saturated carbocycles. The minimum atomic E-state index is 0.566. The summed E-state index contributed by atoms with van der Waals surface area (Å²) in [5.41, 5.74) is 2.37. The van der Waals surface area contributed by atoms with Crippen LogP contribution in [-0.2, 0) is 0 Å². The normalized spacial score (nSPS) is 20.7. The van der Waals surface area contributed by atoms with Crippen LogP contribution in [0.1, 0.15) is 12.0 Å². The molecule has 2 heteroatoms. The Hall–Kier alpha value is -1.28. The zero-order chi connectivity index (χ0) is 9.80. The van der Waals surface area contributed by atoms with Crippen LogP contribution in [0.4, 0.5) is 5.69 Å². The molecule has 1 heterocycles. The molecule has 1 aliphatic heterocycles. The average Bonchev–Trinajstić information content (AvgIpc) is 2.71. The van der Waals surface area contributed by atoms with E-state index in [1.54, 1.807) is 0 Å². The van der Waals surface area contributed by atoms with Gasteiger partial charge in [0.2, 0.25) is 0 Å². The molecule has 2 rings (SSSR count). The third-order valence-corrected chi connectivity index (χ3v) is 2.60. The monoisotopic (exact) mass is 188 g/mol. The van der Waals surface area contributed by atoms with Gasteiger partial charge < -0.3 is 10.6 Å². The first-order valence-electron chi connectivity index (χ1n) is 5.09. The molecule has 1 aliphatic rings. The Kier molecular flexibility index (Phi) is 2.84. The summed E-state index contributed by atoms with van der Waals surface area (Å²) >= 11 is 0. The van der Waals surface area contributed by atoms with E-state index < -0.39 is 0 Å². The van der Waals surface area contributed by atoms with Gasteiger partial charge in [-0.2, -0.15) is 0 Å². The highest BCUT2D eigenvalue weighted by Gasteiger charge is 2.14. The number of nitrogens with one attached hydrogen (secondary N) is 2. The SMILES string of the molecule is C=Cc1ccccc1NC1CCNC1. The van der Waals surface area contributed by atoms with Gasteiger partial charge in [0.05, 0.1) is 0 Å². The second kappa shape index (κ2) is 4.29. The molecule has 0 amide bonds. The minimum absolute atomic E-state index is 0.566. The Morgan fingerprint density at radius 2 is 2.29 bits per heavy atom. The lowest BCUT2D eigenvalue weighted by Gasteiger charge is -2.14. The molecule has 2 N–H and O–H groups in total. The van der Waals surface area contributed by atoms with Gasteiger partial charge in [0.1, 0.15) is 0 Å². The largest absolute Gasteiger partial charge is 0.380 e. The molecule has 0 spiro atoms. The predicted molar refractivity (Wildman–Crippen MR) is 61.4 cm³/mol. The van der Waals surface area contributed by atoms with Crippen molar-refractivity contribution in [3.05, 3.63) is 36.4 Å². The topological polar surface area (TPSA) is 24.1 Å². The summed E-state index contributed by atoms with van der Waals surface area (Å²) < 4.78 is 0. The lowest BCUT2D eigenvalue weighted by atomic mass is 10.1. The Morgan fingerprint density at radius 3 is 3.00 bits per heavy atom. The van der Waals surface area contributed by atoms with Gasteiger partial charge in [-0.15, -0.1) is 0 Å². The van der Waals surface area contributed by atoms with E-state index in [9.17, 15) is 0 Å². The fourth-order valence-corrected chi connectivity index (χ4v) is 1.80. The van der Waals surface area contributed by atoms with Gasteiger partial charge in [-0.3, -0.25) is 0 Å². The lowest BCUT2D eigenvalue weighted by Crippen LogP contribution is -2.22. The van der Waals surface area contributed by atoms with Gasteiger partial charge in [0.15, 0.2) is 0 Å². The molecule has 1 atom stereocenters. The van der Waals surface area contributed by atoms with Crippen molar-refractivity contribution in [2.24, 2.45) is 0 Å². The predicted octanol–water partition coefficient (Wildman–Crippen LogP) is 2.10. The molecule has 0 bridgehead atoms. The maximum atomic E-state index is 3.81. The number of para-hydroxylation sites is 1. The van der Waals surface area contributed by atoms with Gasteiger partial charge in [-0.25, -0.2) is 0 Å². The summed E-state index contributed by atoms with van der Waals surface area (Å²) in [6.45, 7) is 5.99. The van der Waals surface area contributed by atoms with Crippen LogP contribution >= 0.6 is 0 Å². The van der Waals surface area contributed by atoms with Crippen LogP contribution in [-0.4, -0.2) is 19.1 Å². The molecule has 1 unspecified atom stereocenters. The van der Waals surface area contributed by atoms with E-state index in [2.05, 4.69) is 35.4 Å². The molecule has 0 aliphatic carbocycles. The number of rotatable bonds is 3. The van der Waals surface area contributed by atoms with Crippen molar-refractivity contribution in [3.8, 4) is 0 Å². The Bertz CT molecular complexity index is 314. The van der Waals surface area contributed by atoms with E-state index in [1.807, 2.05) is 12.1 Å². The highest BCUT2D eigenvalue weighted by atomic mass is 15.0. The first-order valence-corrected chi connectivity index (χ1v) is 5.09. The van der Waals surface area contributed by atoms with Crippen LogP contribution in [0.15, 0.2) is 30.8 Å². The van der Waals surface area contributed by atoms with Crippen molar-refractivity contribution < 1.29 is 0 Å². The third kappa shape index (κ3) is 1.96. The summed E-state index contributed by atoms with van der Waals surface area (Å²) in [4.78, 5) is 0. The fraction of sp³-hybridized carbons (Fsp3) is 0.333. The maximum absolute atomic E-state index is 3.81. The van der Waals surface area contributed by atoms with Crippen LogP contribution < -0.4 is 10.6 Å². The number of benzene rings is 1. The third-order valence-electron chi connectivity index (χ3n) is 2.60. The van der Waals surface area contributed by atoms with Crippen molar-refractivity contribution in [1.29, 1.82) is 0 Å². The molecule has 0 aromatic heterocycles. The van der Waals surface area contributed by atoms with E-state index in [0.717, 1.165) is 13.1 Å². The van der Waals surface area contributed by atoms with Crippen LogP contribution in [0, 0.1) is 0 Å². The van der Waals surface area contributed by atoms with Gasteiger partial charge >= 0.3 is 0 Å². The highest BCUT2D eigenvalue weighted by molar-refractivity contribution is 5.65. The molecule has 1 aromatic carbocycles. The van der Waals surface area contributed by atoms with E-state index in [4.69, 9.17) is 0 Å². The first kappa shape index (κ1) is 9.28. The zero-order valence-electron chi connectivity index (χ0n) is 8.29. The molecule has 1 aromatic rings. The molecule has 1 fully saturated rings. The number of hydrogen-bond donors (Lipinski definition) is 2. The van der Waals surface area contributed by atoms with Crippen molar-refractivity contribution in [2.45, 2.75) is 12.5 Å². The van der Waals surface area contributed by atoms with Gasteiger partial charge in [-0.1, -0.05) is 30.9 Å². The molecule has 2 nitrogen and oxygen atoms in total. The van der Waals surface area contributed by atoms with Crippen molar-refractivity contribution >= 4 is 11.8 Å². The van der Waals surface area contributed by atoms with E-state index >= 15 is 0 Å². The van der Waals surface area contributed by atoms with Crippen molar-refractivity contribution in [1.82, 2.24) is 5.32 Å². The average molecular weight is 188 g/mol. The molecule has 0 radical (unpaired) electrons. The summed E-state index contributed by atoms with van der Waals surface area (Å²) in [7, 11) is 0. The summed E-state index contributed by atoms with van der Waals surface area (Å²) in [5, 5.41) is 6.87. The van der Waals surface area contributed by atoms with Crippen LogP contribution in [0.25, 0.3) is 6.08 Å². The van der Waals surface area contributed by atoms with Gasteiger partial charge in [0.25, 0.3) is 0 Å². The smallest absolute Gasteiger partial charge is 0.0416 e. The minimum Gasteiger partial charge on any atom is -0.380 e. The first-order chi connectivity index (χ1) is 6.90. The van der Waals surface area contributed by atoms with E-state index in [0.29, 0.717) is 6.04 Å². The second-order valence-electron chi connectivity index (χ2n) is 3.63. The quantitative estimate of drug-likeness (QED) is 0.759.